The third-order valence-corrected chi connectivity index (χ3v) is 7.95. The fraction of sp³-hybridized carbons (Fsp3) is 0.423. The summed E-state index contributed by atoms with van der Waals surface area (Å²) in [5, 5.41) is 11.6. The predicted molar refractivity (Wildman–Crippen MR) is 122 cm³/mol. The van der Waals surface area contributed by atoms with Gasteiger partial charge in [0.15, 0.2) is 5.82 Å². The fourth-order valence-corrected chi connectivity index (χ4v) is 5.79. The van der Waals surface area contributed by atoms with Crippen LogP contribution in [0.2, 0.25) is 0 Å². The maximum Gasteiger partial charge on any atom is 0.417 e. The van der Waals surface area contributed by atoms with Crippen LogP contribution < -0.4 is 5.32 Å². The molecule has 0 atom stereocenters. The molecule has 3 aromatic rings. The number of benzene rings is 2. The second-order valence-corrected chi connectivity index (χ2v) is 9.92. The Morgan fingerprint density at radius 3 is 2.23 bits per heavy atom. The summed E-state index contributed by atoms with van der Waals surface area (Å²) in [5.41, 5.74) is -0.503. The Kier molecular flexibility index (Phi) is 5.68. The van der Waals surface area contributed by atoms with Crippen LogP contribution in [-0.4, -0.2) is 27.2 Å². The summed E-state index contributed by atoms with van der Waals surface area (Å²) < 4.78 is 55.6. The van der Waals surface area contributed by atoms with Crippen LogP contribution in [0.5, 0.6) is 0 Å². The van der Waals surface area contributed by atoms with Gasteiger partial charge in [0.1, 0.15) is 11.6 Å². The molecule has 1 amide bonds. The molecule has 3 fully saturated rings. The lowest BCUT2D eigenvalue weighted by Gasteiger charge is -2.52. The Hall–Kier alpha value is -3.23. The highest BCUT2D eigenvalue weighted by Gasteiger charge is 2.51. The van der Waals surface area contributed by atoms with Crippen LogP contribution in [-0.2, 0) is 18.6 Å². The average Bonchev–Trinajstić information content (AvgIpc) is 3.25. The normalized spacial score (nSPS) is 23.9. The zero-order chi connectivity index (χ0) is 24.8. The van der Waals surface area contributed by atoms with Crippen molar-refractivity contribution in [3.05, 3.63) is 71.3 Å². The van der Waals surface area contributed by atoms with Crippen molar-refractivity contribution in [3.8, 4) is 11.4 Å². The average molecular weight is 487 g/mol. The van der Waals surface area contributed by atoms with E-state index in [9.17, 15) is 22.4 Å². The van der Waals surface area contributed by atoms with E-state index in [1.807, 2.05) is 0 Å². The summed E-state index contributed by atoms with van der Waals surface area (Å²) in [5.74, 6) is 0.345. The number of nitrogens with one attached hydrogen (secondary N) is 1. The van der Waals surface area contributed by atoms with Crippen LogP contribution in [0, 0.1) is 11.2 Å². The summed E-state index contributed by atoms with van der Waals surface area (Å²) in [7, 11) is 1.74. The topological polar surface area (TPSA) is 59.8 Å². The maximum absolute atomic E-state index is 13.6. The van der Waals surface area contributed by atoms with E-state index in [2.05, 4.69) is 15.5 Å². The lowest BCUT2D eigenvalue weighted by molar-refractivity contribution is -0.137. The van der Waals surface area contributed by atoms with Gasteiger partial charge in [-0.1, -0.05) is 18.2 Å². The second kappa shape index (κ2) is 8.46. The second-order valence-electron chi connectivity index (χ2n) is 9.92. The molecule has 3 saturated carbocycles. The molecule has 0 radical (unpaired) electrons. The van der Waals surface area contributed by atoms with Gasteiger partial charge in [0.25, 0.3) is 5.91 Å². The fourth-order valence-electron chi connectivity index (χ4n) is 5.79. The predicted octanol–water partition coefficient (Wildman–Crippen LogP) is 5.66. The van der Waals surface area contributed by atoms with Gasteiger partial charge in [-0.2, -0.15) is 13.2 Å². The highest BCUT2D eigenvalue weighted by molar-refractivity contribution is 5.94. The molecule has 3 aliphatic rings. The number of rotatable bonds is 5. The minimum atomic E-state index is -4.48. The summed E-state index contributed by atoms with van der Waals surface area (Å²) in [6.07, 6.45) is 0.702. The van der Waals surface area contributed by atoms with Crippen molar-refractivity contribution in [2.75, 3.05) is 6.54 Å². The monoisotopic (exact) mass is 486 g/mol. The van der Waals surface area contributed by atoms with Crippen LogP contribution in [0.1, 0.15) is 60.3 Å². The van der Waals surface area contributed by atoms with E-state index < -0.39 is 11.7 Å². The van der Waals surface area contributed by atoms with Crippen LogP contribution in [0.4, 0.5) is 17.6 Å². The first-order chi connectivity index (χ1) is 16.6. The molecule has 35 heavy (non-hydrogen) atoms. The van der Waals surface area contributed by atoms with Gasteiger partial charge in [0, 0.05) is 30.1 Å². The standard InChI is InChI=1S/C26H26F4N4O/c1-34-21(19-4-2-3-5-20(19)26(28,29)30)32-33-23(34)25-13-10-24(11-14-25,12-15-25)16-31-22(35)17-6-8-18(27)9-7-17/h2-9H,10-16H2,1H3,(H,31,35). The lowest BCUT2D eigenvalue weighted by Crippen LogP contribution is -2.50. The van der Waals surface area contributed by atoms with Crippen molar-refractivity contribution in [1.82, 2.24) is 20.1 Å². The Morgan fingerprint density at radius 1 is 0.971 bits per heavy atom. The first kappa shape index (κ1) is 23.5. The molecule has 1 N–H and O–H groups in total. The van der Waals surface area contributed by atoms with Crippen molar-refractivity contribution in [1.29, 1.82) is 0 Å². The van der Waals surface area contributed by atoms with Gasteiger partial charge < -0.3 is 9.88 Å². The van der Waals surface area contributed by atoms with Crippen LogP contribution in [0.25, 0.3) is 11.4 Å². The van der Waals surface area contributed by atoms with Gasteiger partial charge in [0.05, 0.1) is 5.56 Å². The number of carbonyl (C=O) groups excluding carboxylic acids is 1. The molecule has 1 heterocycles. The van der Waals surface area contributed by atoms with Gasteiger partial charge in [-0.3, -0.25) is 4.79 Å². The highest BCUT2D eigenvalue weighted by atomic mass is 19.4. The molecular formula is C26H26F4N4O. The molecule has 2 aromatic carbocycles. The Morgan fingerprint density at radius 2 is 1.60 bits per heavy atom. The first-order valence-electron chi connectivity index (χ1n) is 11.7. The van der Waals surface area contributed by atoms with Crippen LogP contribution in [0.3, 0.4) is 0 Å². The number of aromatic nitrogens is 3. The SMILES string of the molecule is Cn1c(-c2ccccc2C(F)(F)F)nnc1C12CCC(CNC(=O)c3ccc(F)cc3)(CC1)CC2. The number of nitrogens with zero attached hydrogens (tertiary/aromatic N) is 3. The number of hydrogen-bond donors (Lipinski definition) is 1. The Balaban J connectivity index is 1.31. The number of fused-ring (bicyclic) bond motifs is 3. The van der Waals surface area contributed by atoms with E-state index in [1.165, 1.54) is 36.4 Å². The summed E-state index contributed by atoms with van der Waals surface area (Å²) in [6.45, 7) is 0.544. The summed E-state index contributed by atoms with van der Waals surface area (Å²) >= 11 is 0. The van der Waals surface area contributed by atoms with Crippen molar-refractivity contribution < 1.29 is 22.4 Å². The third kappa shape index (κ3) is 4.21. The zero-order valence-corrected chi connectivity index (χ0v) is 19.3. The van der Waals surface area contributed by atoms with Gasteiger partial charge in [-0.25, -0.2) is 4.39 Å². The number of carbonyl (C=O) groups is 1. The highest BCUT2D eigenvalue weighted by Crippen LogP contribution is 2.57. The molecule has 6 rings (SSSR count). The van der Waals surface area contributed by atoms with E-state index in [0.29, 0.717) is 12.1 Å². The summed E-state index contributed by atoms with van der Waals surface area (Å²) in [6, 6.07) is 10.9. The van der Waals surface area contributed by atoms with E-state index in [1.54, 1.807) is 17.7 Å². The minimum absolute atomic E-state index is 0.0122. The quantitative estimate of drug-likeness (QED) is 0.474. The molecule has 5 nitrogen and oxygen atoms in total. The molecule has 1 aromatic heterocycles. The van der Waals surface area contributed by atoms with Crippen molar-refractivity contribution in [2.45, 2.75) is 50.1 Å². The minimum Gasteiger partial charge on any atom is -0.351 e. The number of amides is 1. The van der Waals surface area contributed by atoms with Crippen molar-refractivity contribution >= 4 is 5.91 Å². The largest absolute Gasteiger partial charge is 0.417 e. The molecule has 3 aliphatic carbocycles. The lowest BCUT2D eigenvalue weighted by atomic mass is 9.53. The molecule has 9 heteroatoms. The van der Waals surface area contributed by atoms with E-state index in [0.717, 1.165) is 50.4 Å². The smallest absolute Gasteiger partial charge is 0.351 e. The van der Waals surface area contributed by atoms with Gasteiger partial charge in [0.2, 0.25) is 0 Å². The summed E-state index contributed by atoms with van der Waals surface area (Å²) in [4.78, 5) is 12.5. The van der Waals surface area contributed by atoms with Crippen LogP contribution in [0.15, 0.2) is 48.5 Å². The number of hydrogen-bond acceptors (Lipinski definition) is 3. The zero-order valence-electron chi connectivity index (χ0n) is 19.3. The first-order valence-corrected chi connectivity index (χ1v) is 11.7. The van der Waals surface area contributed by atoms with Crippen LogP contribution >= 0.6 is 0 Å². The Labute approximate surface area is 200 Å². The molecule has 2 bridgehead atoms. The molecule has 0 unspecified atom stereocenters. The van der Waals surface area contributed by atoms with Crippen molar-refractivity contribution in [2.24, 2.45) is 12.5 Å². The number of halogens is 4. The van der Waals surface area contributed by atoms with Gasteiger partial charge in [-0.05, 0) is 74.3 Å². The third-order valence-electron chi connectivity index (χ3n) is 7.95. The van der Waals surface area contributed by atoms with E-state index in [-0.39, 0.29) is 33.9 Å². The molecule has 184 valence electrons. The number of alkyl halides is 3. The van der Waals surface area contributed by atoms with Gasteiger partial charge in [-0.15, -0.1) is 10.2 Å². The molecule has 0 spiro atoms. The van der Waals surface area contributed by atoms with E-state index in [4.69, 9.17) is 0 Å². The molecule has 0 aliphatic heterocycles. The van der Waals surface area contributed by atoms with Crippen molar-refractivity contribution in [3.63, 3.8) is 0 Å². The van der Waals surface area contributed by atoms with Gasteiger partial charge >= 0.3 is 6.18 Å². The molecule has 0 saturated heterocycles. The van der Waals surface area contributed by atoms with E-state index >= 15 is 0 Å². The maximum atomic E-state index is 13.6. The molecular weight excluding hydrogens is 460 g/mol. The Bertz CT molecular complexity index is 1220.